The Labute approximate surface area is 283 Å². The van der Waals surface area contributed by atoms with Crippen molar-refractivity contribution in [1.29, 1.82) is 0 Å². The highest BCUT2D eigenvalue weighted by Crippen LogP contribution is 2.48. The fourth-order valence-corrected chi connectivity index (χ4v) is 7.56. The predicted molar refractivity (Wildman–Crippen MR) is 200 cm³/mol. The van der Waals surface area contributed by atoms with E-state index >= 15 is 0 Å². The predicted octanol–water partition coefficient (Wildman–Crippen LogP) is 10.8. The zero-order chi connectivity index (χ0) is 33.1. The minimum atomic E-state index is -0.486. The van der Waals surface area contributed by atoms with Gasteiger partial charge in [-0.05, 0) is 57.4 Å². The van der Waals surface area contributed by atoms with Crippen molar-refractivity contribution in [3.63, 3.8) is 0 Å². The van der Waals surface area contributed by atoms with Crippen molar-refractivity contribution in [1.82, 2.24) is 4.98 Å². The van der Waals surface area contributed by atoms with E-state index in [-0.39, 0.29) is 0 Å². The summed E-state index contributed by atoms with van der Waals surface area (Å²) in [6, 6.07) is 42.0. The van der Waals surface area contributed by atoms with E-state index in [0.29, 0.717) is 0 Å². The molecule has 1 saturated heterocycles. The lowest BCUT2D eigenvalue weighted by atomic mass is 9.78. The van der Waals surface area contributed by atoms with E-state index in [1.54, 1.807) is 0 Å². The molecule has 0 radical (unpaired) electrons. The number of hydrogen-bond acceptors (Lipinski definition) is 5. The van der Waals surface area contributed by atoms with Crippen LogP contribution in [0.15, 0.2) is 130 Å². The summed E-state index contributed by atoms with van der Waals surface area (Å²) >= 11 is 0. The molecular formula is C43H32BNO4. The Kier molecular flexibility index (Phi) is 5.86. The standard InChI is InChI=1S/C43H32BNO4/c1-42(2)43(3,4)49-44(48-42)26-14-11-13-25(23-26)40-32-24-36-38(30-17-7-10-22-35(30)46-36)39(37(32)29-16-5-8-20-33(29)45-40)31-19-12-18-28-27-15-6-9-21-34(27)47-41(28)31/h5-24H,1-4H3. The number of para-hydroxylation sites is 4. The van der Waals surface area contributed by atoms with Gasteiger partial charge in [0.1, 0.15) is 22.3 Å². The van der Waals surface area contributed by atoms with Crippen LogP contribution in [0, 0.1) is 0 Å². The Morgan fingerprint density at radius 1 is 0.531 bits per heavy atom. The zero-order valence-electron chi connectivity index (χ0n) is 27.7. The van der Waals surface area contributed by atoms with Gasteiger partial charge < -0.3 is 18.1 Å². The maximum absolute atomic E-state index is 6.68. The van der Waals surface area contributed by atoms with Gasteiger partial charge in [0.2, 0.25) is 0 Å². The molecule has 10 rings (SSSR count). The van der Waals surface area contributed by atoms with E-state index in [0.717, 1.165) is 93.4 Å². The summed E-state index contributed by atoms with van der Waals surface area (Å²) in [4.78, 5) is 5.34. The molecule has 3 aromatic heterocycles. The highest BCUT2D eigenvalue weighted by molar-refractivity contribution is 6.62. The average molecular weight is 638 g/mol. The molecule has 0 saturated carbocycles. The van der Waals surface area contributed by atoms with Crippen molar-refractivity contribution in [2.45, 2.75) is 38.9 Å². The summed E-state index contributed by atoms with van der Waals surface area (Å²) in [5, 5.41) is 7.48. The van der Waals surface area contributed by atoms with Gasteiger partial charge in [0.15, 0.2) is 0 Å². The van der Waals surface area contributed by atoms with Gasteiger partial charge in [-0.1, -0.05) is 97.1 Å². The van der Waals surface area contributed by atoms with Crippen LogP contribution >= 0.6 is 0 Å². The number of rotatable bonds is 3. The van der Waals surface area contributed by atoms with E-state index < -0.39 is 18.3 Å². The molecule has 1 aliphatic heterocycles. The largest absolute Gasteiger partial charge is 0.494 e. The number of benzene rings is 6. The van der Waals surface area contributed by atoms with Crippen LogP contribution < -0.4 is 5.46 Å². The van der Waals surface area contributed by atoms with Crippen LogP contribution in [0.4, 0.5) is 0 Å². The lowest BCUT2D eigenvalue weighted by molar-refractivity contribution is 0.00578. The van der Waals surface area contributed by atoms with Crippen LogP contribution in [0.5, 0.6) is 0 Å². The van der Waals surface area contributed by atoms with Gasteiger partial charge in [-0.15, -0.1) is 0 Å². The smallest absolute Gasteiger partial charge is 0.456 e. The van der Waals surface area contributed by atoms with E-state index in [2.05, 4.69) is 125 Å². The monoisotopic (exact) mass is 637 g/mol. The summed E-state index contributed by atoms with van der Waals surface area (Å²) in [5.74, 6) is 0. The zero-order valence-corrected chi connectivity index (χ0v) is 27.7. The van der Waals surface area contributed by atoms with Crippen LogP contribution in [-0.4, -0.2) is 23.3 Å². The molecule has 1 aliphatic rings. The third-order valence-corrected chi connectivity index (χ3v) is 10.7. The molecular weight excluding hydrogens is 605 g/mol. The Hall–Kier alpha value is -5.43. The molecule has 1 fully saturated rings. The molecule has 6 heteroatoms. The highest BCUT2D eigenvalue weighted by Gasteiger charge is 2.51. The number of hydrogen-bond donors (Lipinski definition) is 0. The molecule has 0 N–H and O–H groups in total. The molecule has 0 aliphatic carbocycles. The van der Waals surface area contributed by atoms with Crippen molar-refractivity contribution < 1.29 is 18.1 Å². The number of nitrogens with zero attached hydrogens (tertiary/aromatic N) is 1. The molecule has 0 amide bonds. The minimum absolute atomic E-state index is 0.443. The summed E-state index contributed by atoms with van der Waals surface area (Å²) in [7, 11) is -0.486. The number of pyridine rings is 1. The van der Waals surface area contributed by atoms with Crippen molar-refractivity contribution in [3.05, 3.63) is 121 Å². The van der Waals surface area contributed by atoms with Crippen LogP contribution in [0.25, 0.3) is 87.9 Å². The maximum atomic E-state index is 6.68. The second-order valence-electron chi connectivity index (χ2n) is 14.1. The first-order valence-electron chi connectivity index (χ1n) is 16.8. The first kappa shape index (κ1) is 28.6. The summed E-state index contributed by atoms with van der Waals surface area (Å²) < 4.78 is 26.3. The fraction of sp³-hybridized carbons (Fsp3) is 0.140. The van der Waals surface area contributed by atoms with Gasteiger partial charge >= 0.3 is 7.12 Å². The molecule has 5 nitrogen and oxygen atoms in total. The SMILES string of the molecule is CC1(C)OB(c2cccc(-c3nc4ccccc4c4c(-c5cccc6c5oc5ccccc56)c5c(cc34)oc3ccccc35)c2)OC1(C)C. The molecule has 4 heterocycles. The molecule has 0 spiro atoms. The normalized spacial score (nSPS) is 15.9. The van der Waals surface area contributed by atoms with Crippen molar-refractivity contribution in [3.8, 4) is 22.4 Å². The topological polar surface area (TPSA) is 57.6 Å². The maximum Gasteiger partial charge on any atom is 0.494 e. The van der Waals surface area contributed by atoms with Crippen LogP contribution in [0.2, 0.25) is 0 Å². The third-order valence-electron chi connectivity index (χ3n) is 10.7. The van der Waals surface area contributed by atoms with E-state index in [1.807, 2.05) is 24.3 Å². The van der Waals surface area contributed by atoms with Crippen molar-refractivity contribution in [2.75, 3.05) is 0 Å². The van der Waals surface area contributed by atoms with E-state index in [1.165, 1.54) is 0 Å². The average Bonchev–Trinajstić information content (AvgIpc) is 3.75. The summed E-state index contributed by atoms with van der Waals surface area (Å²) in [6.45, 7) is 8.33. The first-order valence-corrected chi connectivity index (χ1v) is 16.8. The third kappa shape index (κ3) is 4.11. The first-order chi connectivity index (χ1) is 23.8. The van der Waals surface area contributed by atoms with Gasteiger partial charge in [0, 0.05) is 54.4 Å². The van der Waals surface area contributed by atoms with Crippen LogP contribution in [0.3, 0.4) is 0 Å². The Morgan fingerprint density at radius 3 is 1.98 bits per heavy atom. The number of fused-ring (bicyclic) bond motifs is 9. The second kappa shape index (κ2) is 10.0. The molecule has 6 aromatic carbocycles. The van der Waals surface area contributed by atoms with Crippen molar-refractivity contribution >= 4 is 78.1 Å². The Bertz CT molecular complexity index is 2790. The van der Waals surface area contributed by atoms with E-state index in [9.17, 15) is 0 Å². The number of aromatic nitrogens is 1. The van der Waals surface area contributed by atoms with Gasteiger partial charge in [0.05, 0.1) is 22.4 Å². The fourth-order valence-electron chi connectivity index (χ4n) is 7.56. The molecule has 9 aromatic rings. The lowest BCUT2D eigenvalue weighted by Gasteiger charge is -2.32. The lowest BCUT2D eigenvalue weighted by Crippen LogP contribution is -2.41. The van der Waals surface area contributed by atoms with Gasteiger partial charge in [-0.3, -0.25) is 0 Å². The molecule has 0 unspecified atom stereocenters. The Morgan fingerprint density at radius 2 is 1.18 bits per heavy atom. The van der Waals surface area contributed by atoms with Crippen LogP contribution in [0.1, 0.15) is 27.7 Å². The quantitative estimate of drug-likeness (QED) is 0.143. The van der Waals surface area contributed by atoms with Crippen LogP contribution in [-0.2, 0) is 9.31 Å². The molecule has 0 atom stereocenters. The highest BCUT2D eigenvalue weighted by atomic mass is 16.7. The second-order valence-corrected chi connectivity index (χ2v) is 14.1. The summed E-state index contributed by atoms with van der Waals surface area (Å²) in [5.41, 5.74) is 8.28. The van der Waals surface area contributed by atoms with Gasteiger partial charge in [0.25, 0.3) is 0 Å². The molecule has 49 heavy (non-hydrogen) atoms. The molecule has 0 bridgehead atoms. The minimum Gasteiger partial charge on any atom is -0.456 e. The van der Waals surface area contributed by atoms with Crippen molar-refractivity contribution in [2.24, 2.45) is 0 Å². The van der Waals surface area contributed by atoms with Gasteiger partial charge in [-0.25, -0.2) is 4.98 Å². The Balaban J connectivity index is 1.34. The molecule has 236 valence electrons. The van der Waals surface area contributed by atoms with Gasteiger partial charge in [-0.2, -0.15) is 0 Å². The summed E-state index contributed by atoms with van der Waals surface area (Å²) in [6.07, 6.45) is 0. The number of furan rings is 2. The van der Waals surface area contributed by atoms with E-state index in [4.69, 9.17) is 23.1 Å².